The number of hydrogen-bond donors (Lipinski definition) is 2. The van der Waals surface area contributed by atoms with Gasteiger partial charge in [-0.3, -0.25) is 0 Å². The van der Waals surface area contributed by atoms with E-state index in [9.17, 15) is 0 Å². The number of hydrogen-bond acceptors (Lipinski definition) is 7. The third-order valence-electron chi connectivity index (χ3n) is 2.20. The van der Waals surface area contributed by atoms with Crippen molar-refractivity contribution in [1.29, 1.82) is 0 Å². The van der Waals surface area contributed by atoms with Gasteiger partial charge >= 0.3 is 6.01 Å². The van der Waals surface area contributed by atoms with Crippen molar-refractivity contribution in [2.45, 2.75) is 19.4 Å². The molecule has 1 rings (SSSR count). The van der Waals surface area contributed by atoms with Gasteiger partial charge in [-0.1, -0.05) is 0 Å². The first kappa shape index (κ1) is 13.4. The molecule has 0 amide bonds. The fraction of sp³-hybridized carbons (Fsp3) is 0.700. The van der Waals surface area contributed by atoms with E-state index in [0.29, 0.717) is 5.95 Å². The SMILES string of the molecule is COc1nc(N)nc(NC(C)CCN(C)C)n1. The summed E-state index contributed by atoms with van der Waals surface area (Å²) in [5.41, 5.74) is 5.54. The van der Waals surface area contributed by atoms with Gasteiger partial charge in [0, 0.05) is 6.04 Å². The van der Waals surface area contributed by atoms with Crippen LogP contribution in [-0.2, 0) is 0 Å². The topological polar surface area (TPSA) is 89.2 Å². The highest BCUT2D eigenvalue weighted by Crippen LogP contribution is 2.10. The van der Waals surface area contributed by atoms with E-state index < -0.39 is 0 Å². The number of aromatic nitrogens is 3. The minimum absolute atomic E-state index is 0.152. The van der Waals surface area contributed by atoms with E-state index in [0.717, 1.165) is 13.0 Å². The van der Waals surface area contributed by atoms with Gasteiger partial charge in [0.15, 0.2) is 0 Å². The predicted molar refractivity (Wildman–Crippen MR) is 67.0 cm³/mol. The summed E-state index contributed by atoms with van der Waals surface area (Å²) in [4.78, 5) is 14.0. The summed E-state index contributed by atoms with van der Waals surface area (Å²) in [7, 11) is 5.57. The van der Waals surface area contributed by atoms with E-state index in [-0.39, 0.29) is 18.0 Å². The zero-order valence-corrected chi connectivity index (χ0v) is 10.8. The quantitative estimate of drug-likeness (QED) is 0.735. The van der Waals surface area contributed by atoms with Crippen LogP contribution in [-0.4, -0.2) is 53.6 Å². The Bertz CT molecular complexity index is 357. The van der Waals surface area contributed by atoms with E-state index in [1.54, 1.807) is 0 Å². The molecule has 1 unspecified atom stereocenters. The Morgan fingerprint density at radius 2 is 2.06 bits per heavy atom. The van der Waals surface area contributed by atoms with Gasteiger partial charge < -0.3 is 20.7 Å². The molecule has 0 aliphatic carbocycles. The molecule has 0 aliphatic heterocycles. The number of ether oxygens (including phenoxy) is 1. The fourth-order valence-electron chi connectivity index (χ4n) is 1.27. The molecule has 0 saturated heterocycles. The minimum Gasteiger partial charge on any atom is -0.467 e. The molecule has 7 heteroatoms. The Kier molecular flexibility index (Phi) is 4.89. The zero-order valence-electron chi connectivity index (χ0n) is 10.8. The highest BCUT2D eigenvalue weighted by Gasteiger charge is 2.08. The van der Waals surface area contributed by atoms with Crippen LogP contribution in [0, 0.1) is 0 Å². The van der Waals surface area contributed by atoms with Crippen molar-refractivity contribution in [3.8, 4) is 6.01 Å². The molecule has 17 heavy (non-hydrogen) atoms. The molecular formula is C10H20N6O. The molecule has 0 radical (unpaired) electrons. The van der Waals surface area contributed by atoms with Crippen LogP contribution in [0.1, 0.15) is 13.3 Å². The van der Waals surface area contributed by atoms with Crippen molar-refractivity contribution >= 4 is 11.9 Å². The Labute approximate surface area is 101 Å². The summed E-state index contributed by atoms with van der Waals surface area (Å²) < 4.78 is 4.92. The molecule has 1 atom stereocenters. The molecular weight excluding hydrogens is 220 g/mol. The second-order valence-electron chi connectivity index (χ2n) is 4.14. The molecule has 0 aliphatic rings. The molecule has 0 spiro atoms. The standard InChI is InChI=1S/C10H20N6O/c1-7(5-6-16(2)3)12-9-13-8(11)14-10(15-9)17-4/h7H,5-6H2,1-4H3,(H3,11,12,13,14,15). The van der Waals surface area contributed by atoms with Gasteiger partial charge in [0.1, 0.15) is 0 Å². The minimum atomic E-state index is 0.152. The Hall–Kier alpha value is -1.63. The Balaban J connectivity index is 2.58. The van der Waals surface area contributed by atoms with E-state index in [1.807, 2.05) is 14.1 Å². The van der Waals surface area contributed by atoms with Crippen LogP contribution < -0.4 is 15.8 Å². The van der Waals surface area contributed by atoms with Crippen LogP contribution in [0.5, 0.6) is 6.01 Å². The smallest absolute Gasteiger partial charge is 0.322 e. The summed E-state index contributed by atoms with van der Waals surface area (Å²) in [6.07, 6.45) is 0.987. The number of anilines is 2. The second-order valence-corrected chi connectivity index (χ2v) is 4.14. The third-order valence-corrected chi connectivity index (χ3v) is 2.20. The summed E-state index contributed by atoms with van der Waals surface area (Å²) >= 11 is 0. The number of nitrogens with two attached hydrogens (primary N) is 1. The monoisotopic (exact) mass is 240 g/mol. The molecule has 0 fully saturated rings. The van der Waals surface area contributed by atoms with Crippen LogP contribution in [0.2, 0.25) is 0 Å². The van der Waals surface area contributed by atoms with Crippen molar-refractivity contribution in [2.75, 3.05) is 38.8 Å². The highest BCUT2D eigenvalue weighted by atomic mass is 16.5. The summed E-state index contributed by atoms with van der Waals surface area (Å²) in [6.45, 7) is 3.06. The molecule has 7 nitrogen and oxygen atoms in total. The zero-order chi connectivity index (χ0) is 12.8. The largest absolute Gasteiger partial charge is 0.467 e. The lowest BCUT2D eigenvalue weighted by Gasteiger charge is -2.16. The summed E-state index contributed by atoms with van der Waals surface area (Å²) in [5.74, 6) is 0.597. The van der Waals surface area contributed by atoms with E-state index in [2.05, 4.69) is 32.1 Å². The Morgan fingerprint density at radius 1 is 1.35 bits per heavy atom. The molecule has 0 aromatic carbocycles. The number of methoxy groups -OCH3 is 1. The molecule has 3 N–H and O–H groups in total. The van der Waals surface area contributed by atoms with E-state index in [4.69, 9.17) is 10.5 Å². The maximum absolute atomic E-state index is 5.54. The van der Waals surface area contributed by atoms with Crippen molar-refractivity contribution < 1.29 is 4.74 Å². The van der Waals surface area contributed by atoms with Crippen LogP contribution in [0.15, 0.2) is 0 Å². The van der Waals surface area contributed by atoms with E-state index >= 15 is 0 Å². The fourth-order valence-corrected chi connectivity index (χ4v) is 1.27. The number of nitrogen functional groups attached to an aromatic ring is 1. The molecule has 0 saturated carbocycles. The van der Waals surface area contributed by atoms with Crippen LogP contribution in [0.4, 0.5) is 11.9 Å². The number of rotatable bonds is 6. The normalized spacial score (nSPS) is 12.5. The molecule has 96 valence electrons. The van der Waals surface area contributed by atoms with Crippen LogP contribution in [0.3, 0.4) is 0 Å². The van der Waals surface area contributed by atoms with E-state index in [1.165, 1.54) is 7.11 Å². The highest BCUT2D eigenvalue weighted by molar-refractivity contribution is 5.33. The average molecular weight is 240 g/mol. The summed E-state index contributed by atoms with van der Waals surface area (Å²) in [5, 5.41) is 3.16. The molecule has 1 heterocycles. The van der Waals surface area contributed by atoms with Gasteiger partial charge in [0.25, 0.3) is 0 Å². The van der Waals surface area contributed by atoms with Gasteiger partial charge in [-0.05, 0) is 34.0 Å². The van der Waals surface area contributed by atoms with Crippen molar-refractivity contribution in [3.05, 3.63) is 0 Å². The van der Waals surface area contributed by atoms with Gasteiger partial charge in [-0.2, -0.15) is 15.0 Å². The average Bonchev–Trinajstić information content (AvgIpc) is 2.25. The second kappa shape index (κ2) is 6.19. The Morgan fingerprint density at radius 3 is 2.65 bits per heavy atom. The summed E-state index contributed by atoms with van der Waals surface area (Å²) in [6, 6.07) is 0.476. The lowest BCUT2D eigenvalue weighted by molar-refractivity contribution is 0.378. The lowest BCUT2D eigenvalue weighted by atomic mass is 10.2. The van der Waals surface area contributed by atoms with Crippen molar-refractivity contribution in [2.24, 2.45) is 0 Å². The number of nitrogens with one attached hydrogen (secondary N) is 1. The first-order valence-electron chi connectivity index (χ1n) is 5.48. The van der Waals surface area contributed by atoms with Gasteiger partial charge in [-0.25, -0.2) is 0 Å². The van der Waals surface area contributed by atoms with Crippen molar-refractivity contribution in [3.63, 3.8) is 0 Å². The first-order chi connectivity index (χ1) is 8.01. The number of nitrogens with zero attached hydrogens (tertiary/aromatic N) is 4. The molecule has 1 aromatic heterocycles. The lowest BCUT2D eigenvalue weighted by Crippen LogP contribution is -2.24. The predicted octanol–water partition coefficient (Wildman–Crippen LogP) is 0.215. The van der Waals surface area contributed by atoms with Gasteiger partial charge in [-0.15, -0.1) is 0 Å². The van der Waals surface area contributed by atoms with Gasteiger partial charge in [0.2, 0.25) is 11.9 Å². The molecule has 1 aromatic rings. The first-order valence-corrected chi connectivity index (χ1v) is 5.48. The van der Waals surface area contributed by atoms with Crippen LogP contribution in [0.25, 0.3) is 0 Å². The van der Waals surface area contributed by atoms with Crippen LogP contribution >= 0.6 is 0 Å². The maximum Gasteiger partial charge on any atom is 0.322 e. The maximum atomic E-state index is 5.54. The van der Waals surface area contributed by atoms with Crippen molar-refractivity contribution in [1.82, 2.24) is 19.9 Å². The van der Waals surface area contributed by atoms with Gasteiger partial charge in [0.05, 0.1) is 7.11 Å². The third kappa shape index (κ3) is 4.81. The molecule has 0 bridgehead atoms.